The van der Waals surface area contributed by atoms with E-state index in [1.807, 2.05) is 0 Å². The predicted molar refractivity (Wildman–Crippen MR) is 79.0 cm³/mol. The average Bonchev–Trinajstić information content (AvgIpc) is 2.54. The summed E-state index contributed by atoms with van der Waals surface area (Å²) in [7, 11) is 2.56. The first kappa shape index (κ1) is 15.9. The van der Waals surface area contributed by atoms with Crippen molar-refractivity contribution in [3.63, 3.8) is 0 Å². The molecule has 124 valence electrons. The lowest BCUT2D eigenvalue weighted by molar-refractivity contribution is -0.140. The lowest BCUT2D eigenvalue weighted by Gasteiger charge is -2.45. The number of ether oxygens (including phenoxy) is 3. The van der Waals surface area contributed by atoms with E-state index in [1.165, 1.54) is 20.3 Å². The first-order chi connectivity index (χ1) is 11.0. The summed E-state index contributed by atoms with van der Waals surface area (Å²) in [5.41, 5.74) is 0.997. The quantitative estimate of drug-likeness (QED) is 0.801. The molecule has 0 radical (unpaired) electrons. The van der Waals surface area contributed by atoms with Crippen molar-refractivity contribution in [1.29, 1.82) is 0 Å². The maximum atomic E-state index is 14.0. The van der Waals surface area contributed by atoms with Crippen LogP contribution >= 0.6 is 0 Å². The van der Waals surface area contributed by atoms with Gasteiger partial charge in [-0.25, -0.2) is 9.18 Å². The number of esters is 1. The van der Waals surface area contributed by atoms with Crippen molar-refractivity contribution >= 4 is 11.5 Å². The van der Waals surface area contributed by atoms with Crippen molar-refractivity contribution in [2.24, 2.45) is 0 Å². The Morgan fingerprint density at radius 2 is 2.00 bits per heavy atom. The van der Waals surface area contributed by atoms with Crippen LogP contribution in [0.25, 0.3) is 5.57 Å². The molecule has 4 nitrogen and oxygen atoms in total. The summed E-state index contributed by atoms with van der Waals surface area (Å²) in [6, 6.07) is 2.48. The van der Waals surface area contributed by atoms with Crippen molar-refractivity contribution in [3.05, 3.63) is 34.9 Å². The molecule has 1 fully saturated rings. The molecule has 2 aliphatic rings. The van der Waals surface area contributed by atoms with Gasteiger partial charge in [0.15, 0.2) is 11.6 Å². The molecule has 3 rings (SSSR count). The van der Waals surface area contributed by atoms with Crippen LogP contribution in [0.4, 0.5) is 8.78 Å². The number of carbonyl (C=O) groups excluding carboxylic acids is 1. The summed E-state index contributed by atoms with van der Waals surface area (Å²) in [6.45, 7) is 0.101. The zero-order valence-electron chi connectivity index (χ0n) is 13.1. The standard InChI is InChI=1S/C17H18F2O4/c1-21-15-10(4-5-13(18)14(15)19)11-8-17(6-3-7-17)23-9-12(11)16(20)22-2/h4-5H,3,6-9H2,1-2H3. The molecule has 0 atom stereocenters. The zero-order chi connectivity index (χ0) is 16.6. The van der Waals surface area contributed by atoms with Gasteiger partial charge in [0.1, 0.15) is 0 Å². The minimum atomic E-state index is -1.06. The molecule has 1 spiro atoms. The molecule has 0 amide bonds. The van der Waals surface area contributed by atoms with Gasteiger partial charge in [-0.1, -0.05) is 0 Å². The van der Waals surface area contributed by atoms with E-state index in [9.17, 15) is 13.6 Å². The Kier molecular flexibility index (Phi) is 4.10. The summed E-state index contributed by atoms with van der Waals surface area (Å²) < 4.78 is 43.2. The molecular formula is C17H18F2O4. The second-order valence-corrected chi connectivity index (χ2v) is 5.89. The zero-order valence-corrected chi connectivity index (χ0v) is 13.1. The van der Waals surface area contributed by atoms with E-state index in [2.05, 4.69) is 0 Å². The van der Waals surface area contributed by atoms with Crippen LogP contribution in [-0.4, -0.2) is 32.4 Å². The summed E-state index contributed by atoms with van der Waals surface area (Å²) in [6.07, 6.45) is 3.28. The molecule has 0 unspecified atom stereocenters. The number of methoxy groups -OCH3 is 2. The lowest BCUT2D eigenvalue weighted by Crippen LogP contribution is -2.44. The largest absolute Gasteiger partial charge is 0.493 e. The highest BCUT2D eigenvalue weighted by Gasteiger charge is 2.44. The monoisotopic (exact) mass is 324 g/mol. The Labute approximate surface area is 133 Å². The van der Waals surface area contributed by atoms with Gasteiger partial charge in [-0.05, 0) is 37.0 Å². The van der Waals surface area contributed by atoms with Gasteiger partial charge >= 0.3 is 5.97 Å². The predicted octanol–water partition coefficient (Wildman–Crippen LogP) is 3.24. The van der Waals surface area contributed by atoms with Gasteiger partial charge in [0.05, 0.1) is 32.0 Å². The van der Waals surface area contributed by atoms with E-state index < -0.39 is 17.6 Å². The van der Waals surface area contributed by atoms with Crippen LogP contribution in [0.1, 0.15) is 31.2 Å². The molecule has 1 aromatic carbocycles. The summed E-state index contributed by atoms with van der Waals surface area (Å²) in [4.78, 5) is 12.1. The van der Waals surface area contributed by atoms with Gasteiger partial charge in [0, 0.05) is 12.0 Å². The van der Waals surface area contributed by atoms with Gasteiger partial charge in [0.2, 0.25) is 5.82 Å². The second kappa shape index (κ2) is 5.92. The van der Waals surface area contributed by atoms with Gasteiger partial charge in [0.25, 0.3) is 0 Å². The molecule has 6 heteroatoms. The van der Waals surface area contributed by atoms with Gasteiger partial charge < -0.3 is 14.2 Å². The minimum absolute atomic E-state index is 0.101. The number of hydrogen-bond donors (Lipinski definition) is 0. The molecule has 1 aliphatic heterocycles. The number of benzene rings is 1. The van der Waals surface area contributed by atoms with E-state index >= 15 is 0 Å². The number of hydrogen-bond acceptors (Lipinski definition) is 4. The summed E-state index contributed by atoms with van der Waals surface area (Å²) >= 11 is 0. The first-order valence-corrected chi connectivity index (χ1v) is 7.48. The van der Waals surface area contributed by atoms with Crippen LogP contribution in [0.3, 0.4) is 0 Å². The van der Waals surface area contributed by atoms with Crippen LogP contribution in [-0.2, 0) is 14.3 Å². The van der Waals surface area contributed by atoms with E-state index in [1.54, 1.807) is 0 Å². The normalized spacial score (nSPS) is 19.5. The number of carbonyl (C=O) groups is 1. The summed E-state index contributed by atoms with van der Waals surface area (Å²) in [5.74, 6) is -2.77. The minimum Gasteiger partial charge on any atom is -0.493 e. The summed E-state index contributed by atoms with van der Waals surface area (Å²) in [5, 5.41) is 0. The third kappa shape index (κ3) is 2.61. The van der Waals surface area contributed by atoms with E-state index in [0.29, 0.717) is 23.1 Å². The average molecular weight is 324 g/mol. The van der Waals surface area contributed by atoms with Crippen molar-refractivity contribution in [2.75, 3.05) is 20.8 Å². The van der Waals surface area contributed by atoms with Crippen molar-refractivity contribution < 1.29 is 27.8 Å². The lowest BCUT2D eigenvalue weighted by atomic mass is 9.72. The molecule has 0 aromatic heterocycles. The van der Waals surface area contributed by atoms with Crippen LogP contribution in [0.5, 0.6) is 5.75 Å². The SMILES string of the molecule is COC(=O)C1=C(c2ccc(F)c(F)c2OC)CC2(CCC2)OC1. The van der Waals surface area contributed by atoms with E-state index in [4.69, 9.17) is 14.2 Å². The molecular weight excluding hydrogens is 306 g/mol. The van der Waals surface area contributed by atoms with Crippen LogP contribution in [0.2, 0.25) is 0 Å². The molecule has 0 bridgehead atoms. The Morgan fingerprint density at radius 1 is 1.26 bits per heavy atom. The first-order valence-electron chi connectivity index (χ1n) is 7.48. The maximum absolute atomic E-state index is 14.0. The highest BCUT2D eigenvalue weighted by atomic mass is 19.2. The topological polar surface area (TPSA) is 44.8 Å². The fourth-order valence-electron chi connectivity index (χ4n) is 3.22. The van der Waals surface area contributed by atoms with Crippen molar-refractivity contribution in [2.45, 2.75) is 31.3 Å². The molecule has 23 heavy (non-hydrogen) atoms. The Morgan fingerprint density at radius 3 is 2.57 bits per heavy atom. The van der Waals surface area contributed by atoms with Gasteiger partial charge in [-0.15, -0.1) is 0 Å². The molecule has 1 heterocycles. The Bertz CT molecular complexity index is 677. The van der Waals surface area contributed by atoms with Crippen LogP contribution < -0.4 is 4.74 Å². The van der Waals surface area contributed by atoms with Crippen molar-refractivity contribution in [3.8, 4) is 5.75 Å². The van der Waals surface area contributed by atoms with E-state index in [-0.39, 0.29) is 18.0 Å². The highest BCUT2D eigenvalue weighted by Crippen LogP contribution is 2.48. The second-order valence-electron chi connectivity index (χ2n) is 5.89. The molecule has 1 aliphatic carbocycles. The van der Waals surface area contributed by atoms with Crippen LogP contribution in [0, 0.1) is 11.6 Å². The molecule has 1 saturated carbocycles. The van der Waals surface area contributed by atoms with Crippen LogP contribution in [0.15, 0.2) is 17.7 Å². The Balaban J connectivity index is 2.14. The van der Waals surface area contributed by atoms with Crippen molar-refractivity contribution in [1.82, 2.24) is 0 Å². The van der Waals surface area contributed by atoms with Gasteiger partial charge in [-0.2, -0.15) is 4.39 Å². The Hall–Kier alpha value is -1.95. The highest BCUT2D eigenvalue weighted by molar-refractivity contribution is 5.99. The third-order valence-corrected chi connectivity index (χ3v) is 4.66. The maximum Gasteiger partial charge on any atom is 0.336 e. The van der Waals surface area contributed by atoms with E-state index in [0.717, 1.165) is 25.3 Å². The molecule has 0 N–H and O–H groups in total. The third-order valence-electron chi connectivity index (χ3n) is 4.66. The fraction of sp³-hybridized carbons (Fsp3) is 0.471. The molecule has 1 aromatic rings. The number of rotatable bonds is 3. The smallest absolute Gasteiger partial charge is 0.336 e. The number of halogens is 2. The molecule has 0 saturated heterocycles. The van der Waals surface area contributed by atoms with Gasteiger partial charge in [-0.3, -0.25) is 0 Å². The fourth-order valence-corrected chi connectivity index (χ4v) is 3.22.